The molecule has 3 heteroatoms. The number of benzene rings is 1. The first-order valence-corrected chi connectivity index (χ1v) is 6.01. The second kappa shape index (κ2) is 4.49. The summed E-state index contributed by atoms with van der Waals surface area (Å²) >= 11 is 0. The largest absolute Gasteiger partial charge is 0.277 e. The zero-order valence-electron chi connectivity index (χ0n) is 10.7. The molecule has 1 saturated carbocycles. The first-order chi connectivity index (χ1) is 8.08. The first kappa shape index (κ1) is 12.1. The Kier molecular flexibility index (Phi) is 3.20. The lowest BCUT2D eigenvalue weighted by Crippen LogP contribution is -2.48. The fourth-order valence-electron chi connectivity index (χ4n) is 2.62. The second-order valence-electron chi connectivity index (χ2n) is 4.95. The van der Waals surface area contributed by atoms with Crippen molar-refractivity contribution >= 4 is 5.91 Å². The Morgan fingerprint density at radius 1 is 1.24 bits per heavy atom. The maximum atomic E-state index is 12.1. The number of carbonyl (C=O) groups is 1. The molecular weight excluding hydrogens is 214 g/mol. The maximum Gasteiger partial charge on any atom is 0.254 e. The van der Waals surface area contributed by atoms with E-state index >= 15 is 0 Å². The molecule has 1 fully saturated rings. The summed E-state index contributed by atoms with van der Waals surface area (Å²) < 4.78 is 0. The molecule has 0 saturated heterocycles. The van der Waals surface area contributed by atoms with Crippen LogP contribution in [0.1, 0.15) is 36.0 Å². The molecule has 3 nitrogen and oxygen atoms in total. The molecule has 1 amide bonds. The van der Waals surface area contributed by atoms with Crippen molar-refractivity contribution in [1.82, 2.24) is 5.48 Å². The molecule has 0 unspecified atom stereocenters. The first-order valence-electron chi connectivity index (χ1n) is 6.01. The fraction of sp³-hybridized carbons (Fsp3) is 0.500. The summed E-state index contributed by atoms with van der Waals surface area (Å²) in [6, 6.07) is 6.35. The van der Waals surface area contributed by atoms with Crippen molar-refractivity contribution in [1.29, 1.82) is 0 Å². The van der Waals surface area contributed by atoms with Crippen LogP contribution in [0.5, 0.6) is 0 Å². The van der Waals surface area contributed by atoms with Crippen LogP contribution in [-0.4, -0.2) is 13.0 Å². The Hall–Kier alpha value is -1.35. The van der Waals surface area contributed by atoms with Crippen LogP contribution in [0.3, 0.4) is 0 Å². The van der Waals surface area contributed by atoms with Gasteiger partial charge in [0, 0.05) is 0 Å². The lowest BCUT2D eigenvalue weighted by Gasteiger charge is -2.40. The van der Waals surface area contributed by atoms with Gasteiger partial charge in [0.05, 0.1) is 12.5 Å². The van der Waals surface area contributed by atoms with E-state index in [0.29, 0.717) is 0 Å². The van der Waals surface area contributed by atoms with E-state index in [0.717, 1.165) is 24.8 Å². The topological polar surface area (TPSA) is 38.3 Å². The smallest absolute Gasteiger partial charge is 0.254 e. The minimum absolute atomic E-state index is 0.0174. The van der Waals surface area contributed by atoms with Crippen molar-refractivity contribution in [2.45, 2.75) is 38.5 Å². The SMILES string of the molecule is CONC(=O)C1(c2cc(C)cc(C)c2)CCC1. The van der Waals surface area contributed by atoms with Crippen LogP contribution in [0.2, 0.25) is 0 Å². The van der Waals surface area contributed by atoms with E-state index < -0.39 is 0 Å². The highest BCUT2D eigenvalue weighted by Crippen LogP contribution is 2.44. The average Bonchev–Trinajstić information content (AvgIpc) is 2.14. The number of hydroxylamine groups is 1. The van der Waals surface area contributed by atoms with E-state index in [1.807, 2.05) is 0 Å². The van der Waals surface area contributed by atoms with Gasteiger partial charge in [-0.05, 0) is 32.3 Å². The highest BCUT2D eigenvalue weighted by atomic mass is 16.6. The van der Waals surface area contributed by atoms with E-state index in [1.165, 1.54) is 18.2 Å². The van der Waals surface area contributed by atoms with Crippen LogP contribution in [0.15, 0.2) is 18.2 Å². The zero-order chi connectivity index (χ0) is 12.5. The maximum absolute atomic E-state index is 12.1. The molecule has 0 aromatic heterocycles. The second-order valence-corrected chi connectivity index (χ2v) is 4.95. The van der Waals surface area contributed by atoms with E-state index in [4.69, 9.17) is 4.84 Å². The molecule has 1 aromatic carbocycles. The third kappa shape index (κ3) is 2.07. The van der Waals surface area contributed by atoms with Gasteiger partial charge in [-0.2, -0.15) is 0 Å². The summed E-state index contributed by atoms with van der Waals surface area (Å²) in [6.07, 6.45) is 2.92. The molecule has 0 aliphatic heterocycles. The van der Waals surface area contributed by atoms with Gasteiger partial charge >= 0.3 is 0 Å². The monoisotopic (exact) mass is 233 g/mol. The van der Waals surface area contributed by atoms with Crippen molar-refractivity contribution in [3.8, 4) is 0 Å². The predicted molar refractivity (Wildman–Crippen MR) is 66.6 cm³/mol. The summed E-state index contributed by atoms with van der Waals surface area (Å²) in [7, 11) is 1.48. The number of aryl methyl sites for hydroxylation is 2. The van der Waals surface area contributed by atoms with E-state index in [2.05, 4.69) is 37.5 Å². The minimum Gasteiger partial charge on any atom is -0.277 e. The van der Waals surface area contributed by atoms with E-state index in [1.54, 1.807) is 0 Å². The molecule has 0 radical (unpaired) electrons. The number of amides is 1. The van der Waals surface area contributed by atoms with Crippen LogP contribution in [0, 0.1) is 13.8 Å². The molecule has 1 N–H and O–H groups in total. The summed E-state index contributed by atoms with van der Waals surface area (Å²) in [5.41, 5.74) is 5.65. The average molecular weight is 233 g/mol. The number of hydrogen-bond acceptors (Lipinski definition) is 2. The molecule has 17 heavy (non-hydrogen) atoms. The minimum atomic E-state index is -0.368. The van der Waals surface area contributed by atoms with Crippen molar-refractivity contribution in [3.05, 3.63) is 34.9 Å². The Labute approximate surface area is 102 Å². The summed E-state index contributed by atoms with van der Waals surface area (Å²) in [5.74, 6) is -0.0174. The van der Waals surface area contributed by atoms with Gasteiger partial charge in [0.15, 0.2) is 0 Å². The van der Waals surface area contributed by atoms with Crippen molar-refractivity contribution in [2.24, 2.45) is 0 Å². The van der Waals surface area contributed by atoms with Crippen LogP contribution < -0.4 is 5.48 Å². The van der Waals surface area contributed by atoms with Crippen molar-refractivity contribution < 1.29 is 9.63 Å². The molecule has 2 rings (SSSR count). The van der Waals surface area contributed by atoms with Gasteiger partial charge in [-0.1, -0.05) is 35.7 Å². The summed E-state index contributed by atoms with van der Waals surface area (Å²) in [5, 5.41) is 0. The number of carbonyl (C=O) groups excluding carboxylic acids is 1. The molecule has 92 valence electrons. The normalized spacial score (nSPS) is 17.4. The molecule has 0 atom stereocenters. The lowest BCUT2D eigenvalue weighted by atomic mass is 9.63. The third-order valence-corrected chi connectivity index (χ3v) is 3.61. The Balaban J connectivity index is 2.37. The number of hydrogen-bond donors (Lipinski definition) is 1. The molecule has 0 bridgehead atoms. The van der Waals surface area contributed by atoms with Crippen LogP contribution in [0.4, 0.5) is 0 Å². The lowest BCUT2D eigenvalue weighted by molar-refractivity contribution is -0.140. The number of rotatable bonds is 3. The number of nitrogens with one attached hydrogen (secondary N) is 1. The highest BCUT2D eigenvalue weighted by molar-refractivity contribution is 5.88. The molecule has 1 aromatic rings. The Morgan fingerprint density at radius 2 is 1.82 bits per heavy atom. The fourth-order valence-corrected chi connectivity index (χ4v) is 2.62. The Bertz CT molecular complexity index is 416. The van der Waals surface area contributed by atoms with Gasteiger partial charge in [-0.3, -0.25) is 9.63 Å². The van der Waals surface area contributed by atoms with Gasteiger partial charge in [-0.25, -0.2) is 5.48 Å². The Morgan fingerprint density at radius 3 is 2.24 bits per heavy atom. The van der Waals surface area contributed by atoms with Crippen molar-refractivity contribution in [2.75, 3.05) is 7.11 Å². The summed E-state index contributed by atoms with van der Waals surface area (Å²) in [6.45, 7) is 4.13. The molecular formula is C14H19NO2. The zero-order valence-corrected chi connectivity index (χ0v) is 10.7. The molecule has 0 heterocycles. The van der Waals surface area contributed by atoms with Gasteiger partial charge in [0.25, 0.3) is 5.91 Å². The van der Waals surface area contributed by atoms with Crippen LogP contribution in [-0.2, 0) is 15.0 Å². The summed E-state index contributed by atoms with van der Waals surface area (Å²) in [4.78, 5) is 16.9. The standard InChI is InChI=1S/C14H19NO2/c1-10-7-11(2)9-12(8-10)14(5-4-6-14)13(16)15-17-3/h7-9H,4-6H2,1-3H3,(H,15,16). The molecule has 1 aliphatic carbocycles. The highest BCUT2D eigenvalue weighted by Gasteiger charge is 2.45. The van der Waals surface area contributed by atoms with Gasteiger partial charge < -0.3 is 0 Å². The van der Waals surface area contributed by atoms with Gasteiger partial charge in [-0.15, -0.1) is 0 Å². The van der Waals surface area contributed by atoms with Crippen LogP contribution in [0.25, 0.3) is 0 Å². The molecule has 0 spiro atoms. The van der Waals surface area contributed by atoms with Crippen molar-refractivity contribution in [3.63, 3.8) is 0 Å². The quantitative estimate of drug-likeness (QED) is 0.814. The van der Waals surface area contributed by atoms with E-state index in [-0.39, 0.29) is 11.3 Å². The van der Waals surface area contributed by atoms with Crippen LogP contribution >= 0.6 is 0 Å². The molecule has 1 aliphatic rings. The van der Waals surface area contributed by atoms with Gasteiger partial charge in [0.1, 0.15) is 0 Å². The van der Waals surface area contributed by atoms with Gasteiger partial charge in [0.2, 0.25) is 0 Å². The van der Waals surface area contributed by atoms with E-state index in [9.17, 15) is 4.79 Å². The predicted octanol–water partition coefficient (Wildman–Crippen LogP) is 2.40. The third-order valence-electron chi connectivity index (χ3n) is 3.61.